The van der Waals surface area contributed by atoms with Gasteiger partial charge in [0, 0.05) is 23.9 Å². The Kier molecular flexibility index (Phi) is 1.47. The normalized spacial score (nSPS) is 10.7. The lowest BCUT2D eigenvalue weighted by molar-refractivity contribution is -0.346. The summed E-state index contributed by atoms with van der Waals surface area (Å²) in [6, 6.07) is 1.84. The molecule has 0 atom stereocenters. The molecule has 0 aliphatic heterocycles. The van der Waals surface area contributed by atoms with Crippen LogP contribution in [0.5, 0.6) is 0 Å². The molecular formula is C6H4Cl2N3+. The average Bonchev–Trinajstić information content (AvgIpc) is 2.34. The van der Waals surface area contributed by atoms with Crippen molar-refractivity contribution >= 4 is 34.2 Å². The lowest BCUT2D eigenvalue weighted by atomic mass is 10.5. The minimum absolute atomic E-state index is 0.294. The first-order chi connectivity index (χ1) is 5.27. The predicted molar refractivity (Wildman–Crippen MR) is 42.7 cm³/mol. The molecule has 0 saturated carbocycles. The number of H-pyrrole nitrogens is 2. The number of aromatic nitrogens is 3. The first-order valence-corrected chi connectivity index (χ1v) is 3.74. The summed E-state index contributed by atoms with van der Waals surface area (Å²) < 4.78 is 0. The maximum atomic E-state index is 5.76. The summed E-state index contributed by atoms with van der Waals surface area (Å²) in [5.41, 5.74) is 1.63. The van der Waals surface area contributed by atoms with Gasteiger partial charge in [-0.05, 0) is 16.6 Å². The molecule has 0 saturated heterocycles. The van der Waals surface area contributed by atoms with Crippen molar-refractivity contribution in [2.24, 2.45) is 0 Å². The van der Waals surface area contributed by atoms with Gasteiger partial charge in [0.05, 0.1) is 0 Å². The van der Waals surface area contributed by atoms with Crippen LogP contribution >= 0.6 is 23.2 Å². The molecule has 5 heteroatoms. The predicted octanol–water partition coefficient (Wildman–Crippen LogP) is 1.68. The third-order valence-corrected chi connectivity index (χ3v) is 1.84. The van der Waals surface area contributed by atoms with Gasteiger partial charge < -0.3 is 4.98 Å². The minimum atomic E-state index is 0.294. The zero-order chi connectivity index (χ0) is 7.84. The smallest absolute Gasteiger partial charge is 0.354 e. The number of aromatic amines is 2. The van der Waals surface area contributed by atoms with Crippen LogP contribution in [0.25, 0.3) is 11.0 Å². The summed E-state index contributed by atoms with van der Waals surface area (Å²) in [7, 11) is 0. The molecule has 0 fully saturated rings. The first kappa shape index (κ1) is 6.88. The molecular weight excluding hydrogens is 185 g/mol. The number of hydrogen-bond donors (Lipinski definition) is 1. The molecule has 2 heterocycles. The molecule has 2 aromatic heterocycles. The molecule has 0 unspecified atom stereocenters. The van der Waals surface area contributed by atoms with Gasteiger partial charge >= 0.3 is 5.28 Å². The number of rotatable bonds is 0. The number of fused-ring (bicyclic) bond motifs is 1. The van der Waals surface area contributed by atoms with Gasteiger partial charge in [-0.2, -0.15) is 0 Å². The Hall–Kier alpha value is -0.800. The molecule has 0 spiro atoms. The highest BCUT2D eigenvalue weighted by atomic mass is 35.5. The van der Waals surface area contributed by atoms with Gasteiger partial charge in [0.15, 0.2) is 11.0 Å². The van der Waals surface area contributed by atoms with Gasteiger partial charge in [-0.3, -0.25) is 0 Å². The van der Waals surface area contributed by atoms with E-state index in [0.29, 0.717) is 10.4 Å². The Bertz CT molecular complexity index is 396. The van der Waals surface area contributed by atoms with Crippen molar-refractivity contribution in [1.29, 1.82) is 0 Å². The molecule has 0 radical (unpaired) electrons. The Morgan fingerprint density at radius 3 is 3.09 bits per heavy atom. The average molecular weight is 189 g/mol. The van der Waals surface area contributed by atoms with Crippen molar-refractivity contribution in [1.82, 2.24) is 9.97 Å². The van der Waals surface area contributed by atoms with Crippen molar-refractivity contribution in [2.45, 2.75) is 0 Å². The second kappa shape index (κ2) is 2.36. The van der Waals surface area contributed by atoms with E-state index in [4.69, 9.17) is 23.2 Å². The van der Waals surface area contributed by atoms with E-state index in [1.165, 1.54) is 0 Å². The Balaban J connectivity index is 2.91. The van der Waals surface area contributed by atoms with E-state index in [1.54, 1.807) is 6.20 Å². The second-order valence-electron chi connectivity index (χ2n) is 2.08. The highest BCUT2D eigenvalue weighted by Gasteiger charge is 2.11. The Morgan fingerprint density at radius 1 is 1.45 bits per heavy atom. The second-order valence-corrected chi connectivity index (χ2v) is 2.80. The summed E-state index contributed by atoms with van der Waals surface area (Å²) in [5.74, 6) is 0. The van der Waals surface area contributed by atoms with Gasteiger partial charge in [-0.1, -0.05) is 0 Å². The van der Waals surface area contributed by atoms with Gasteiger partial charge in [0.25, 0.3) is 5.15 Å². The zero-order valence-electron chi connectivity index (χ0n) is 5.36. The monoisotopic (exact) mass is 188 g/mol. The molecule has 0 amide bonds. The van der Waals surface area contributed by atoms with Crippen molar-refractivity contribution in [3.8, 4) is 0 Å². The SMILES string of the molecule is Clc1nc(Cl)c2[nH]ccc2[nH+]1. The van der Waals surface area contributed by atoms with Crippen molar-refractivity contribution in [3.05, 3.63) is 22.7 Å². The molecule has 2 aromatic rings. The minimum Gasteiger partial charge on any atom is -0.354 e. The quantitative estimate of drug-likeness (QED) is 0.497. The van der Waals surface area contributed by atoms with Crippen LogP contribution in [0.2, 0.25) is 10.4 Å². The van der Waals surface area contributed by atoms with Crippen LogP contribution in [0.1, 0.15) is 0 Å². The fraction of sp³-hybridized carbons (Fsp3) is 0. The maximum Gasteiger partial charge on any atom is 0.395 e. The van der Waals surface area contributed by atoms with Crippen LogP contribution in [0.4, 0.5) is 0 Å². The molecule has 11 heavy (non-hydrogen) atoms. The maximum absolute atomic E-state index is 5.76. The molecule has 2 rings (SSSR count). The molecule has 0 aliphatic carbocycles. The van der Waals surface area contributed by atoms with Crippen molar-refractivity contribution < 1.29 is 4.98 Å². The summed E-state index contributed by atoms with van der Waals surface area (Å²) in [4.78, 5) is 9.60. The van der Waals surface area contributed by atoms with E-state index in [0.717, 1.165) is 11.0 Å². The van der Waals surface area contributed by atoms with Crippen molar-refractivity contribution in [2.75, 3.05) is 0 Å². The van der Waals surface area contributed by atoms with Crippen LogP contribution in [0, 0.1) is 0 Å². The Morgan fingerprint density at radius 2 is 2.27 bits per heavy atom. The third kappa shape index (κ3) is 1.06. The van der Waals surface area contributed by atoms with Crippen LogP contribution in [0.15, 0.2) is 12.3 Å². The van der Waals surface area contributed by atoms with E-state index in [9.17, 15) is 0 Å². The van der Waals surface area contributed by atoms with Crippen LogP contribution in [-0.2, 0) is 0 Å². The topological polar surface area (TPSA) is 42.8 Å². The van der Waals surface area contributed by atoms with Crippen molar-refractivity contribution in [3.63, 3.8) is 0 Å². The largest absolute Gasteiger partial charge is 0.395 e. The lowest BCUT2D eigenvalue weighted by Crippen LogP contribution is -2.06. The number of hydrogen-bond acceptors (Lipinski definition) is 1. The number of nitrogens with one attached hydrogen (secondary N) is 2. The van der Waals surface area contributed by atoms with E-state index in [1.807, 2.05) is 6.07 Å². The number of nitrogens with zero attached hydrogens (tertiary/aromatic N) is 1. The third-order valence-electron chi connectivity index (χ3n) is 1.39. The standard InChI is InChI=1S/C6H3Cl2N3/c7-5-4-3(1-2-9-4)10-6(8)11-5/h1-2,9H/p+1. The van der Waals surface area contributed by atoms with Gasteiger partial charge in [0.2, 0.25) is 0 Å². The fourth-order valence-electron chi connectivity index (χ4n) is 0.925. The molecule has 56 valence electrons. The fourth-order valence-corrected chi connectivity index (χ4v) is 1.40. The molecule has 0 aliphatic rings. The lowest BCUT2D eigenvalue weighted by Gasteiger charge is -1.84. The Labute approximate surface area is 72.4 Å². The summed E-state index contributed by atoms with van der Waals surface area (Å²) >= 11 is 11.4. The number of halogens is 2. The van der Waals surface area contributed by atoms with Crippen LogP contribution in [0.3, 0.4) is 0 Å². The summed E-state index contributed by atoms with van der Waals surface area (Å²) in [6.45, 7) is 0. The van der Waals surface area contributed by atoms with E-state index in [-0.39, 0.29) is 0 Å². The van der Waals surface area contributed by atoms with Gasteiger partial charge in [-0.15, -0.1) is 0 Å². The summed E-state index contributed by atoms with van der Waals surface area (Å²) in [5, 5.41) is 0.677. The van der Waals surface area contributed by atoms with E-state index in [2.05, 4.69) is 15.0 Å². The summed E-state index contributed by atoms with van der Waals surface area (Å²) in [6.07, 6.45) is 1.77. The van der Waals surface area contributed by atoms with E-state index < -0.39 is 0 Å². The molecule has 0 bridgehead atoms. The van der Waals surface area contributed by atoms with E-state index >= 15 is 0 Å². The van der Waals surface area contributed by atoms with Crippen LogP contribution < -0.4 is 4.98 Å². The highest BCUT2D eigenvalue weighted by Crippen LogP contribution is 2.16. The van der Waals surface area contributed by atoms with Gasteiger partial charge in [0.1, 0.15) is 0 Å². The zero-order valence-corrected chi connectivity index (χ0v) is 6.87. The molecule has 0 aromatic carbocycles. The van der Waals surface area contributed by atoms with Crippen LogP contribution in [-0.4, -0.2) is 9.97 Å². The first-order valence-electron chi connectivity index (χ1n) is 2.99. The highest BCUT2D eigenvalue weighted by molar-refractivity contribution is 6.34. The van der Waals surface area contributed by atoms with Gasteiger partial charge in [-0.25, -0.2) is 4.98 Å². The molecule has 2 N–H and O–H groups in total. The molecule has 3 nitrogen and oxygen atoms in total.